The van der Waals surface area contributed by atoms with E-state index < -0.39 is 37.4 Å². The Labute approximate surface area is 127 Å². The van der Waals surface area contributed by atoms with Crippen molar-refractivity contribution in [3.05, 3.63) is 34.1 Å². The summed E-state index contributed by atoms with van der Waals surface area (Å²) < 4.78 is 40.4. The van der Waals surface area contributed by atoms with Crippen molar-refractivity contribution in [1.29, 1.82) is 0 Å². The van der Waals surface area contributed by atoms with E-state index in [-0.39, 0.29) is 12.4 Å². The first-order valence-corrected chi connectivity index (χ1v) is 7.56. The van der Waals surface area contributed by atoms with Crippen LogP contribution in [0.15, 0.2) is 23.1 Å². The van der Waals surface area contributed by atoms with E-state index in [0.717, 1.165) is 31.2 Å². The molecule has 1 aliphatic heterocycles. The van der Waals surface area contributed by atoms with Crippen molar-refractivity contribution in [3.8, 4) is 0 Å². The predicted molar refractivity (Wildman–Crippen MR) is 76.5 cm³/mol. The average molecular weight is 340 g/mol. The lowest BCUT2D eigenvalue weighted by atomic mass is 10.1. The maximum Gasteiger partial charge on any atom is 0.292 e. The van der Waals surface area contributed by atoms with Crippen LogP contribution >= 0.6 is 12.4 Å². The number of piperidine rings is 1. The molecule has 7 nitrogen and oxygen atoms in total. The quantitative estimate of drug-likeness (QED) is 0.633. The molecule has 0 aromatic heterocycles. The lowest BCUT2D eigenvalue weighted by molar-refractivity contribution is -0.388. The highest BCUT2D eigenvalue weighted by atomic mass is 35.5. The maximum atomic E-state index is 13.7. The standard InChI is InChI=1S/C11H14FN3O4S.ClH/c12-9-4-1-5-10(15(16)17)11(9)20(18,19)14-8-3-2-6-13-7-8;/h1,4-5,8,13-14H,2-3,6-7H2;1H/t8-;/m0./s1. The fourth-order valence-corrected chi connectivity index (χ4v) is 3.64. The van der Waals surface area contributed by atoms with Crippen LogP contribution in [-0.2, 0) is 10.0 Å². The molecule has 1 heterocycles. The molecule has 1 saturated heterocycles. The van der Waals surface area contributed by atoms with E-state index in [1.165, 1.54) is 0 Å². The van der Waals surface area contributed by atoms with Crippen LogP contribution in [-0.4, -0.2) is 32.5 Å². The van der Waals surface area contributed by atoms with E-state index in [1.807, 2.05) is 0 Å². The molecule has 0 saturated carbocycles. The summed E-state index contributed by atoms with van der Waals surface area (Å²) in [6.45, 7) is 1.21. The summed E-state index contributed by atoms with van der Waals surface area (Å²) >= 11 is 0. The number of nitrogens with one attached hydrogen (secondary N) is 2. The van der Waals surface area contributed by atoms with Crippen molar-refractivity contribution in [2.24, 2.45) is 0 Å². The summed E-state index contributed by atoms with van der Waals surface area (Å²) in [5.41, 5.74) is -0.763. The van der Waals surface area contributed by atoms with Crippen LogP contribution in [0.25, 0.3) is 0 Å². The van der Waals surface area contributed by atoms with E-state index >= 15 is 0 Å². The Morgan fingerprint density at radius 1 is 1.43 bits per heavy atom. The maximum absolute atomic E-state index is 13.7. The molecular formula is C11H15ClFN3O4S. The number of nitro groups is 1. The van der Waals surface area contributed by atoms with Crippen molar-refractivity contribution in [2.45, 2.75) is 23.8 Å². The zero-order chi connectivity index (χ0) is 14.8. The van der Waals surface area contributed by atoms with Crippen LogP contribution in [0.2, 0.25) is 0 Å². The molecule has 0 bridgehead atoms. The smallest absolute Gasteiger partial charge is 0.292 e. The zero-order valence-corrected chi connectivity index (χ0v) is 12.5. The highest BCUT2D eigenvalue weighted by Crippen LogP contribution is 2.26. The van der Waals surface area contributed by atoms with Gasteiger partial charge in [-0.1, -0.05) is 6.07 Å². The fourth-order valence-electron chi connectivity index (χ4n) is 2.14. The Kier molecular flexibility index (Phi) is 6.02. The van der Waals surface area contributed by atoms with E-state index in [1.54, 1.807) is 0 Å². The number of nitro benzene ring substituents is 1. The van der Waals surface area contributed by atoms with Crippen molar-refractivity contribution < 1.29 is 17.7 Å². The van der Waals surface area contributed by atoms with Crippen molar-refractivity contribution in [3.63, 3.8) is 0 Å². The molecule has 2 N–H and O–H groups in total. The molecule has 1 aliphatic rings. The summed E-state index contributed by atoms with van der Waals surface area (Å²) in [6.07, 6.45) is 1.39. The second-order valence-corrected chi connectivity index (χ2v) is 6.16. The molecule has 21 heavy (non-hydrogen) atoms. The van der Waals surface area contributed by atoms with Crippen molar-refractivity contribution in [2.75, 3.05) is 13.1 Å². The van der Waals surface area contributed by atoms with Crippen LogP contribution < -0.4 is 10.0 Å². The van der Waals surface area contributed by atoms with Gasteiger partial charge in [0.05, 0.1) is 4.92 Å². The van der Waals surface area contributed by atoms with Gasteiger partial charge in [0.1, 0.15) is 5.82 Å². The molecule has 0 amide bonds. The summed E-state index contributed by atoms with van der Waals surface area (Å²) in [4.78, 5) is 9.03. The normalized spacial score (nSPS) is 18.8. The Balaban J connectivity index is 0.00000220. The van der Waals surface area contributed by atoms with Gasteiger partial charge in [0.15, 0.2) is 4.90 Å². The first-order chi connectivity index (χ1) is 9.42. The van der Waals surface area contributed by atoms with Gasteiger partial charge in [-0.2, -0.15) is 0 Å². The molecule has 0 unspecified atom stereocenters. The molecule has 118 valence electrons. The number of sulfonamides is 1. The topological polar surface area (TPSA) is 101 Å². The van der Waals surface area contributed by atoms with Gasteiger partial charge in [-0.3, -0.25) is 10.1 Å². The number of hydrogen-bond acceptors (Lipinski definition) is 5. The van der Waals surface area contributed by atoms with Crippen LogP contribution in [0.5, 0.6) is 0 Å². The number of hydrogen-bond donors (Lipinski definition) is 2. The lowest BCUT2D eigenvalue weighted by Gasteiger charge is -2.23. The van der Waals surface area contributed by atoms with Crippen molar-refractivity contribution in [1.82, 2.24) is 10.0 Å². The van der Waals surface area contributed by atoms with Crippen LogP contribution in [0.1, 0.15) is 12.8 Å². The Bertz CT molecular complexity index is 620. The highest BCUT2D eigenvalue weighted by molar-refractivity contribution is 7.89. The molecule has 0 spiro atoms. The minimum absolute atomic E-state index is 0. The van der Waals surface area contributed by atoms with Gasteiger partial charge in [-0.05, 0) is 25.5 Å². The van der Waals surface area contributed by atoms with Gasteiger partial charge in [0, 0.05) is 18.7 Å². The average Bonchev–Trinajstić information content (AvgIpc) is 2.38. The number of halogens is 2. The monoisotopic (exact) mass is 339 g/mol. The molecule has 2 rings (SSSR count). The molecule has 0 radical (unpaired) electrons. The first-order valence-electron chi connectivity index (χ1n) is 6.08. The molecular weight excluding hydrogens is 325 g/mol. The van der Waals surface area contributed by atoms with Gasteiger partial charge < -0.3 is 5.32 Å². The molecule has 1 fully saturated rings. The Morgan fingerprint density at radius 3 is 2.71 bits per heavy atom. The van der Waals surface area contributed by atoms with Gasteiger partial charge >= 0.3 is 0 Å². The van der Waals surface area contributed by atoms with Crippen LogP contribution in [0, 0.1) is 15.9 Å². The zero-order valence-electron chi connectivity index (χ0n) is 10.9. The Hall–Kier alpha value is -1.29. The third-order valence-corrected chi connectivity index (χ3v) is 4.62. The molecule has 1 aromatic carbocycles. The third kappa shape index (κ3) is 4.10. The highest BCUT2D eigenvalue weighted by Gasteiger charge is 2.32. The predicted octanol–water partition coefficient (Wildman–Crippen LogP) is 1.19. The van der Waals surface area contributed by atoms with E-state index in [9.17, 15) is 22.9 Å². The molecule has 1 atom stereocenters. The SMILES string of the molecule is Cl.O=[N+]([O-])c1cccc(F)c1S(=O)(=O)N[C@H]1CCCNC1. The van der Waals surface area contributed by atoms with Crippen molar-refractivity contribution >= 4 is 28.1 Å². The van der Waals surface area contributed by atoms with Gasteiger partial charge in [0.2, 0.25) is 0 Å². The van der Waals surface area contributed by atoms with E-state index in [2.05, 4.69) is 10.0 Å². The summed E-state index contributed by atoms with van der Waals surface area (Å²) in [5.74, 6) is -1.13. The third-order valence-electron chi connectivity index (χ3n) is 3.03. The number of rotatable bonds is 4. The van der Waals surface area contributed by atoms with Crippen LogP contribution in [0.3, 0.4) is 0 Å². The largest absolute Gasteiger partial charge is 0.315 e. The molecule has 10 heteroatoms. The summed E-state index contributed by atoms with van der Waals surface area (Å²) in [7, 11) is -4.27. The van der Waals surface area contributed by atoms with E-state index in [0.29, 0.717) is 13.0 Å². The Morgan fingerprint density at radius 2 is 2.14 bits per heavy atom. The van der Waals surface area contributed by atoms with Gasteiger partial charge in [-0.15, -0.1) is 12.4 Å². The summed E-state index contributed by atoms with van der Waals surface area (Å²) in [5, 5.41) is 13.9. The first kappa shape index (κ1) is 17.8. The number of benzene rings is 1. The summed E-state index contributed by atoms with van der Waals surface area (Å²) in [6, 6.07) is 2.57. The van der Waals surface area contributed by atoms with E-state index in [4.69, 9.17) is 0 Å². The second-order valence-electron chi connectivity index (χ2n) is 4.51. The minimum atomic E-state index is -4.27. The molecule has 1 aromatic rings. The molecule has 0 aliphatic carbocycles. The minimum Gasteiger partial charge on any atom is -0.315 e. The van der Waals surface area contributed by atoms with Crippen LogP contribution in [0.4, 0.5) is 10.1 Å². The van der Waals surface area contributed by atoms with Gasteiger partial charge in [-0.25, -0.2) is 17.5 Å². The fraction of sp³-hybridized carbons (Fsp3) is 0.455. The van der Waals surface area contributed by atoms with Gasteiger partial charge in [0.25, 0.3) is 15.7 Å². The lowest BCUT2D eigenvalue weighted by Crippen LogP contribution is -2.45. The second kappa shape index (κ2) is 7.12. The number of nitrogens with zero attached hydrogens (tertiary/aromatic N) is 1.